The van der Waals surface area contributed by atoms with Crippen molar-refractivity contribution < 1.29 is 19.0 Å². The lowest BCUT2D eigenvalue weighted by Crippen LogP contribution is -2.49. The summed E-state index contributed by atoms with van der Waals surface area (Å²) in [5.74, 6) is 1.99. The van der Waals surface area contributed by atoms with Crippen LogP contribution in [-0.2, 0) is 0 Å². The van der Waals surface area contributed by atoms with Crippen molar-refractivity contribution in [3.63, 3.8) is 0 Å². The van der Waals surface area contributed by atoms with E-state index in [2.05, 4.69) is 18.0 Å². The highest BCUT2D eigenvalue weighted by Crippen LogP contribution is 2.30. The number of hydrogen-bond acceptors (Lipinski definition) is 5. The number of hydrogen-bond donors (Lipinski definition) is 0. The number of methoxy groups -OCH3 is 3. The molecule has 1 saturated heterocycles. The monoisotopic (exact) mass is 370 g/mol. The summed E-state index contributed by atoms with van der Waals surface area (Å²) in [4.78, 5) is 17.2. The van der Waals surface area contributed by atoms with Crippen LogP contribution in [0.5, 0.6) is 17.2 Å². The van der Waals surface area contributed by atoms with Crippen molar-refractivity contribution in [1.29, 1.82) is 0 Å². The van der Waals surface area contributed by atoms with Gasteiger partial charge in [-0.25, -0.2) is 0 Å². The molecular formula is C21H26N2O4. The molecule has 0 spiro atoms. The maximum atomic E-state index is 13.1. The van der Waals surface area contributed by atoms with Gasteiger partial charge in [0.1, 0.15) is 5.75 Å². The molecule has 144 valence electrons. The van der Waals surface area contributed by atoms with Crippen LogP contribution in [0.4, 0.5) is 0 Å². The minimum absolute atomic E-state index is 0.00282. The third kappa shape index (κ3) is 4.01. The summed E-state index contributed by atoms with van der Waals surface area (Å²) >= 11 is 0. The first-order valence-electron chi connectivity index (χ1n) is 8.93. The Labute approximate surface area is 160 Å². The largest absolute Gasteiger partial charge is 0.497 e. The first-order chi connectivity index (χ1) is 13.1. The average Bonchev–Trinajstić information content (AvgIpc) is 2.73. The van der Waals surface area contributed by atoms with Crippen LogP contribution >= 0.6 is 0 Å². The minimum Gasteiger partial charge on any atom is -0.497 e. The predicted molar refractivity (Wildman–Crippen MR) is 104 cm³/mol. The summed E-state index contributed by atoms with van der Waals surface area (Å²) in [7, 11) is 6.90. The highest BCUT2D eigenvalue weighted by molar-refractivity contribution is 5.95. The molecule has 1 atom stereocenters. The number of ether oxygens (including phenoxy) is 3. The Hall–Kier alpha value is -2.73. The first kappa shape index (κ1) is 19.0. The molecule has 0 aliphatic carbocycles. The zero-order chi connectivity index (χ0) is 19.4. The van der Waals surface area contributed by atoms with Crippen LogP contribution < -0.4 is 14.2 Å². The van der Waals surface area contributed by atoms with Gasteiger partial charge in [-0.3, -0.25) is 9.69 Å². The Morgan fingerprint density at radius 1 is 0.963 bits per heavy atom. The highest BCUT2D eigenvalue weighted by Gasteiger charge is 2.29. The maximum absolute atomic E-state index is 13.1. The average molecular weight is 370 g/mol. The molecule has 0 N–H and O–H groups in total. The lowest BCUT2D eigenvalue weighted by atomic mass is 10.0. The van der Waals surface area contributed by atoms with E-state index < -0.39 is 0 Å². The Balaban J connectivity index is 1.81. The van der Waals surface area contributed by atoms with Gasteiger partial charge in [-0.2, -0.15) is 0 Å². The standard InChI is InChI=1S/C21H26N2O4/c1-22-10-11-23(14-18(22)15-6-5-7-17(12-15)25-2)21(24)16-8-9-19(26-3)20(13-16)27-4/h5-9,12-13,18H,10-11,14H2,1-4H3. The Kier molecular flexibility index (Phi) is 5.86. The molecule has 2 aromatic rings. The van der Waals surface area contributed by atoms with Crippen LogP contribution in [0.3, 0.4) is 0 Å². The van der Waals surface area contributed by atoms with Crippen LogP contribution in [0.2, 0.25) is 0 Å². The van der Waals surface area contributed by atoms with Crippen molar-refractivity contribution in [3.8, 4) is 17.2 Å². The quantitative estimate of drug-likeness (QED) is 0.810. The second-order valence-electron chi connectivity index (χ2n) is 6.59. The van der Waals surface area contributed by atoms with E-state index in [1.807, 2.05) is 23.1 Å². The van der Waals surface area contributed by atoms with E-state index in [0.717, 1.165) is 17.9 Å². The maximum Gasteiger partial charge on any atom is 0.254 e. The van der Waals surface area contributed by atoms with Crippen LogP contribution in [-0.4, -0.2) is 63.7 Å². The molecule has 1 fully saturated rings. The predicted octanol–water partition coefficient (Wildman–Crippen LogP) is 2.84. The Bertz CT molecular complexity index is 809. The summed E-state index contributed by atoms with van der Waals surface area (Å²) in [5.41, 5.74) is 1.74. The zero-order valence-corrected chi connectivity index (χ0v) is 16.3. The fourth-order valence-corrected chi connectivity index (χ4v) is 3.42. The fourth-order valence-electron chi connectivity index (χ4n) is 3.42. The van der Waals surface area contributed by atoms with Gasteiger partial charge in [-0.1, -0.05) is 12.1 Å². The van der Waals surface area contributed by atoms with Crippen molar-refractivity contribution in [2.24, 2.45) is 0 Å². The number of amides is 1. The summed E-state index contributed by atoms with van der Waals surface area (Å²) < 4.78 is 15.9. The molecular weight excluding hydrogens is 344 g/mol. The van der Waals surface area contributed by atoms with E-state index in [0.29, 0.717) is 30.2 Å². The van der Waals surface area contributed by atoms with Gasteiger partial charge in [0.25, 0.3) is 5.91 Å². The lowest BCUT2D eigenvalue weighted by molar-refractivity contribution is 0.0545. The van der Waals surface area contributed by atoms with Gasteiger partial charge in [0.2, 0.25) is 0 Å². The van der Waals surface area contributed by atoms with Crippen molar-refractivity contribution in [1.82, 2.24) is 9.80 Å². The van der Waals surface area contributed by atoms with Gasteiger partial charge in [-0.05, 0) is 42.9 Å². The molecule has 1 amide bonds. The third-order valence-corrected chi connectivity index (χ3v) is 5.04. The number of carbonyl (C=O) groups is 1. The summed E-state index contributed by atoms with van der Waals surface area (Å²) in [5, 5.41) is 0. The third-order valence-electron chi connectivity index (χ3n) is 5.04. The van der Waals surface area contributed by atoms with E-state index in [1.54, 1.807) is 39.5 Å². The van der Waals surface area contributed by atoms with E-state index in [4.69, 9.17) is 14.2 Å². The van der Waals surface area contributed by atoms with Gasteiger partial charge in [0.05, 0.1) is 27.4 Å². The molecule has 1 aliphatic heterocycles. The normalized spacial score (nSPS) is 17.5. The van der Waals surface area contributed by atoms with Crippen LogP contribution in [0.1, 0.15) is 22.0 Å². The first-order valence-corrected chi connectivity index (χ1v) is 8.93. The van der Waals surface area contributed by atoms with Gasteiger partial charge in [0, 0.05) is 25.2 Å². The van der Waals surface area contributed by atoms with E-state index in [9.17, 15) is 4.79 Å². The SMILES string of the molecule is COc1cccc(C2CN(C(=O)c3ccc(OC)c(OC)c3)CCN2C)c1. The second-order valence-corrected chi connectivity index (χ2v) is 6.59. The molecule has 0 radical (unpaired) electrons. The second kappa shape index (κ2) is 8.31. The molecule has 1 heterocycles. The number of nitrogens with zero attached hydrogens (tertiary/aromatic N) is 2. The number of likely N-dealkylation sites (N-methyl/N-ethyl adjacent to an activating group) is 1. The smallest absolute Gasteiger partial charge is 0.254 e. The Morgan fingerprint density at radius 3 is 2.44 bits per heavy atom. The van der Waals surface area contributed by atoms with E-state index in [-0.39, 0.29) is 11.9 Å². The number of rotatable bonds is 5. The molecule has 2 aromatic carbocycles. The van der Waals surface area contributed by atoms with Crippen molar-refractivity contribution in [3.05, 3.63) is 53.6 Å². The van der Waals surface area contributed by atoms with Crippen LogP contribution in [0.25, 0.3) is 0 Å². The molecule has 0 bridgehead atoms. The highest BCUT2D eigenvalue weighted by atomic mass is 16.5. The van der Waals surface area contributed by atoms with Crippen molar-refractivity contribution in [2.75, 3.05) is 48.0 Å². The molecule has 1 unspecified atom stereocenters. The van der Waals surface area contributed by atoms with Gasteiger partial charge >= 0.3 is 0 Å². The van der Waals surface area contributed by atoms with Crippen LogP contribution in [0, 0.1) is 0 Å². The summed E-state index contributed by atoms with van der Waals surface area (Å²) in [6.07, 6.45) is 0. The number of piperazine rings is 1. The fraction of sp³-hybridized carbons (Fsp3) is 0.381. The zero-order valence-electron chi connectivity index (χ0n) is 16.3. The molecule has 6 heteroatoms. The van der Waals surface area contributed by atoms with E-state index in [1.165, 1.54) is 0 Å². The molecule has 1 aliphatic rings. The van der Waals surface area contributed by atoms with Gasteiger partial charge in [0.15, 0.2) is 11.5 Å². The van der Waals surface area contributed by atoms with E-state index >= 15 is 0 Å². The molecule has 3 rings (SSSR count). The molecule has 27 heavy (non-hydrogen) atoms. The van der Waals surface area contributed by atoms with Gasteiger partial charge < -0.3 is 19.1 Å². The lowest BCUT2D eigenvalue weighted by Gasteiger charge is -2.39. The minimum atomic E-state index is -0.00282. The molecule has 0 aromatic heterocycles. The van der Waals surface area contributed by atoms with Crippen molar-refractivity contribution in [2.45, 2.75) is 6.04 Å². The van der Waals surface area contributed by atoms with Crippen LogP contribution in [0.15, 0.2) is 42.5 Å². The topological polar surface area (TPSA) is 51.2 Å². The molecule has 6 nitrogen and oxygen atoms in total. The molecule has 0 saturated carbocycles. The summed E-state index contributed by atoms with van der Waals surface area (Å²) in [6, 6.07) is 13.4. The van der Waals surface area contributed by atoms with Gasteiger partial charge in [-0.15, -0.1) is 0 Å². The van der Waals surface area contributed by atoms with Crippen molar-refractivity contribution >= 4 is 5.91 Å². The number of carbonyl (C=O) groups excluding carboxylic acids is 1. The number of benzene rings is 2. The Morgan fingerprint density at radius 2 is 1.74 bits per heavy atom. The summed E-state index contributed by atoms with van der Waals surface area (Å²) in [6.45, 7) is 2.11.